The molecule has 1 aliphatic carbocycles. The van der Waals surface area contributed by atoms with Gasteiger partial charge in [-0.05, 0) is 58.9 Å². The molecule has 1 unspecified atom stereocenters. The van der Waals surface area contributed by atoms with Crippen LogP contribution < -0.4 is 5.32 Å². The Morgan fingerprint density at radius 2 is 2.22 bits per heavy atom. The van der Waals surface area contributed by atoms with Crippen LogP contribution in [0.25, 0.3) is 0 Å². The highest BCUT2D eigenvalue weighted by Gasteiger charge is 2.23. The summed E-state index contributed by atoms with van der Waals surface area (Å²) in [4.78, 5) is 0. The second kappa shape index (κ2) is 6.93. The molecule has 1 aromatic rings. The first-order valence-corrected chi connectivity index (χ1v) is 8.06. The van der Waals surface area contributed by atoms with Crippen LogP contribution in [0.5, 0.6) is 0 Å². The van der Waals surface area contributed by atoms with Crippen LogP contribution >= 0.6 is 27.5 Å². The van der Waals surface area contributed by atoms with Crippen molar-refractivity contribution in [3.63, 3.8) is 0 Å². The first-order valence-electron chi connectivity index (χ1n) is 6.89. The maximum absolute atomic E-state index is 6.20. The maximum Gasteiger partial charge on any atom is 0.0551 e. The van der Waals surface area contributed by atoms with Gasteiger partial charge in [0.25, 0.3) is 0 Å². The van der Waals surface area contributed by atoms with Crippen LogP contribution in [-0.4, -0.2) is 6.54 Å². The average molecular weight is 331 g/mol. The smallest absolute Gasteiger partial charge is 0.0551 e. The molecule has 0 amide bonds. The van der Waals surface area contributed by atoms with Gasteiger partial charge in [-0.3, -0.25) is 0 Å². The molecular weight excluding hydrogens is 310 g/mol. The summed E-state index contributed by atoms with van der Waals surface area (Å²) in [6, 6.07) is 6.79. The fourth-order valence-electron chi connectivity index (χ4n) is 2.45. The average Bonchev–Trinajstić information content (AvgIpc) is 2.31. The van der Waals surface area contributed by atoms with Gasteiger partial charge in [0, 0.05) is 10.5 Å². The van der Waals surface area contributed by atoms with Crippen LogP contribution in [0.4, 0.5) is 0 Å². The van der Waals surface area contributed by atoms with E-state index in [9.17, 15) is 0 Å². The largest absolute Gasteiger partial charge is 0.310 e. The summed E-state index contributed by atoms with van der Waals surface area (Å²) < 4.78 is 0.978. The van der Waals surface area contributed by atoms with E-state index < -0.39 is 0 Å². The minimum absolute atomic E-state index is 0.459. The van der Waals surface area contributed by atoms with Gasteiger partial charge < -0.3 is 5.32 Å². The van der Waals surface area contributed by atoms with E-state index in [1.54, 1.807) is 0 Å². The summed E-state index contributed by atoms with van der Waals surface area (Å²) in [7, 11) is 0. The zero-order valence-electron chi connectivity index (χ0n) is 10.9. The van der Waals surface area contributed by atoms with Crippen molar-refractivity contribution in [1.82, 2.24) is 5.32 Å². The summed E-state index contributed by atoms with van der Waals surface area (Å²) in [5, 5.41) is 4.47. The zero-order chi connectivity index (χ0) is 13.0. The van der Waals surface area contributed by atoms with E-state index in [1.165, 1.54) is 37.7 Å². The summed E-state index contributed by atoms with van der Waals surface area (Å²) in [5.74, 6) is 0.904. The SMILES string of the molecule is CCCNC(CC1CCC1)c1ccc(Br)c(Cl)c1. The van der Waals surface area contributed by atoms with E-state index in [1.807, 2.05) is 0 Å². The van der Waals surface area contributed by atoms with Gasteiger partial charge in [-0.1, -0.05) is 43.9 Å². The molecule has 0 radical (unpaired) electrons. The molecule has 1 N–H and O–H groups in total. The zero-order valence-corrected chi connectivity index (χ0v) is 13.2. The third-order valence-corrected chi connectivity index (χ3v) is 5.01. The number of hydrogen-bond acceptors (Lipinski definition) is 1. The van der Waals surface area contributed by atoms with E-state index in [2.05, 4.69) is 46.4 Å². The van der Waals surface area contributed by atoms with Crippen LogP contribution in [0.1, 0.15) is 50.6 Å². The Balaban J connectivity index is 2.07. The van der Waals surface area contributed by atoms with E-state index in [0.29, 0.717) is 6.04 Å². The predicted octanol–water partition coefficient (Wildman–Crippen LogP) is 5.33. The predicted molar refractivity (Wildman–Crippen MR) is 82.1 cm³/mol. The van der Waals surface area contributed by atoms with Crippen molar-refractivity contribution in [3.8, 4) is 0 Å². The van der Waals surface area contributed by atoms with Crippen molar-refractivity contribution in [2.45, 2.75) is 45.1 Å². The van der Waals surface area contributed by atoms with Crippen molar-refractivity contribution in [1.29, 1.82) is 0 Å². The molecule has 18 heavy (non-hydrogen) atoms. The first kappa shape index (κ1) is 14.4. The second-order valence-electron chi connectivity index (χ2n) is 5.21. The summed E-state index contributed by atoms with van der Waals surface area (Å²) in [6.07, 6.45) is 6.62. The Bertz CT molecular complexity index is 390. The summed E-state index contributed by atoms with van der Waals surface area (Å²) in [6.45, 7) is 3.28. The summed E-state index contributed by atoms with van der Waals surface area (Å²) in [5.41, 5.74) is 1.32. The van der Waals surface area contributed by atoms with Crippen LogP contribution in [-0.2, 0) is 0 Å². The monoisotopic (exact) mass is 329 g/mol. The Labute approximate surface area is 123 Å². The molecule has 0 bridgehead atoms. The molecule has 2 rings (SSSR count). The molecular formula is C15H21BrClN. The van der Waals surface area contributed by atoms with Crippen molar-refractivity contribution >= 4 is 27.5 Å². The van der Waals surface area contributed by atoms with Crippen LogP contribution in [0.15, 0.2) is 22.7 Å². The quantitative estimate of drug-likeness (QED) is 0.743. The normalized spacial score (nSPS) is 17.5. The highest BCUT2D eigenvalue weighted by Crippen LogP contribution is 2.36. The minimum atomic E-state index is 0.459. The van der Waals surface area contributed by atoms with Crippen LogP contribution in [0.3, 0.4) is 0 Å². The molecule has 3 heteroatoms. The van der Waals surface area contributed by atoms with Crippen molar-refractivity contribution < 1.29 is 0 Å². The molecule has 1 aliphatic rings. The van der Waals surface area contributed by atoms with Gasteiger partial charge in [-0.15, -0.1) is 0 Å². The molecule has 1 atom stereocenters. The Morgan fingerprint density at radius 3 is 2.78 bits per heavy atom. The Morgan fingerprint density at radius 1 is 1.44 bits per heavy atom. The molecule has 0 saturated heterocycles. The standard InChI is InChI=1S/C15H21BrClN/c1-2-8-18-15(9-11-4-3-5-11)12-6-7-13(16)14(17)10-12/h6-7,10-11,15,18H,2-5,8-9H2,1H3. The van der Waals surface area contributed by atoms with Crippen molar-refractivity contribution in [2.24, 2.45) is 5.92 Å². The van der Waals surface area contributed by atoms with Gasteiger partial charge in [0.05, 0.1) is 5.02 Å². The van der Waals surface area contributed by atoms with E-state index in [-0.39, 0.29) is 0 Å². The van der Waals surface area contributed by atoms with E-state index in [4.69, 9.17) is 11.6 Å². The third-order valence-electron chi connectivity index (χ3n) is 3.78. The number of benzene rings is 1. The van der Waals surface area contributed by atoms with Gasteiger partial charge in [0.2, 0.25) is 0 Å². The number of halogens is 2. The van der Waals surface area contributed by atoms with Gasteiger partial charge in [-0.25, -0.2) is 0 Å². The lowest BCUT2D eigenvalue weighted by Gasteiger charge is -2.30. The molecule has 1 nitrogen and oxygen atoms in total. The molecule has 0 aliphatic heterocycles. The molecule has 100 valence electrons. The molecule has 0 aromatic heterocycles. The fourth-order valence-corrected chi connectivity index (χ4v) is 2.88. The van der Waals surface area contributed by atoms with Crippen LogP contribution in [0, 0.1) is 5.92 Å². The number of nitrogens with one attached hydrogen (secondary N) is 1. The highest BCUT2D eigenvalue weighted by atomic mass is 79.9. The van der Waals surface area contributed by atoms with E-state index in [0.717, 1.165) is 22.0 Å². The highest BCUT2D eigenvalue weighted by molar-refractivity contribution is 9.10. The lowest BCUT2D eigenvalue weighted by atomic mass is 9.79. The van der Waals surface area contributed by atoms with Gasteiger partial charge >= 0.3 is 0 Å². The lowest BCUT2D eigenvalue weighted by molar-refractivity contribution is 0.261. The van der Waals surface area contributed by atoms with Crippen molar-refractivity contribution in [3.05, 3.63) is 33.3 Å². The topological polar surface area (TPSA) is 12.0 Å². The Hall–Kier alpha value is -0.0500. The lowest BCUT2D eigenvalue weighted by Crippen LogP contribution is -2.26. The molecule has 1 aromatic carbocycles. The first-order chi connectivity index (χ1) is 8.70. The summed E-state index contributed by atoms with van der Waals surface area (Å²) >= 11 is 9.66. The maximum atomic E-state index is 6.20. The van der Waals surface area contributed by atoms with Crippen molar-refractivity contribution in [2.75, 3.05) is 6.54 Å². The molecule has 1 saturated carbocycles. The van der Waals surface area contributed by atoms with Gasteiger partial charge in [-0.2, -0.15) is 0 Å². The second-order valence-corrected chi connectivity index (χ2v) is 6.47. The third kappa shape index (κ3) is 3.72. The number of hydrogen-bond donors (Lipinski definition) is 1. The molecule has 0 spiro atoms. The fraction of sp³-hybridized carbons (Fsp3) is 0.600. The van der Waals surface area contributed by atoms with E-state index >= 15 is 0 Å². The van der Waals surface area contributed by atoms with Gasteiger partial charge in [0.1, 0.15) is 0 Å². The number of rotatable bonds is 6. The van der Waals surface area contributed by atoms with Crippen LogP contribution in [0.2, 0.25) is 5.02 Å². The molecule has 1 fully saturated rings. The van der Waals surface area contributed by atoms with Gasteiger partial charge in [0.15, 0.2) is 0 Å². The minimum Gasteiger partial charge on any atom is -0.310 e. The Kier molecular flexibility index (Phi) is 5.53. The molecule has 0 heterocycles.